The second-order valence-corrected chi connectivity index (χ2v) is 9.51. The van der Waals surface area contributed by atoms with Crippen LogP contribution in [0.25, 0.3) is 0 Å². The Morgan fingerprint density at radius 2 is 1.00 bits per heavy atom. The van der Waals surface area contributed by atoms with Crippen LogP contribution in [0.4, 0.5) is 0 Å². The van der Waals surface area contributed by atoms with Crippen LogP contribution in [0.2, 0.25) is 0 Å². The molecular formula is C24H43NaO3S. The van der Waals surface area contributed by atoms with Crippen LogP contribution < -0.4 is 0 Å². The first-order valence-electron chi connectivity index (χ1n) is 11.6. The SMILES string of the molecule is CCCCCCCCCCCCCCCCCCOS(=O)(=O)c1ccccc1.[NaH]. The second kappa shape index (κ2) is 20.1. The molecule has 0 aliphatic heterocycles. The van der Waals surface area contributed by atoms with Crippen LogP contribution >= 0.6 is 0 Å². The summed E-state index contributed by atoms with van der Waals surface area (Å²) < 4.78 is 29.0. The Morgan fingerprint density at radius 1 is 0.621 bits per heavy atom. The first-order valence-corrected chi connectivity index (χ1v) is 13.0. The van der Waals surface area contributed by atoms with E-state index in [1.54, 1.807) is 30.3 Å². The van der Waals surface area contributed by atoms with E-state index >= 15 is 0 Å². The van der Waals surface area contributed by atoms with Gasteiger partial charge in [0, 0.05) is 0 Å². The fourth-order valence-corrected chi connectivity index (χ4v) is 4.44. The third-order valence-electron chi connectivity index (χ3n) is 5.27. The molecule has 3 nitrogen and oxygen atoms in total. The van der Waals surface area contributed by atoms with Gasteiger partial charge in [-0.15, -0.1) is 0 Å². The van der Waals surface area contributed by atoms with E-state index in [-0.39, 0.29) is 41.1 Å². The van der Waals surface area contributed by atoms with Crippen molar-refractivity contribution in [2.45, 2.75) is 115 Å². The zero-order chi connectivity index (χ0) is 20.3. The van der Waals surface area contributed by atoms with Crippen LogP contribution in [0.15, 0.2) is 35.2 Å². The van der Waals surface area contributed by atoms with E-state index in [2.05, 4.69) is 6.92 Å². The van der Waals surface area contributed by atoms with Gasteiger partial charge in [0.1, 0.15) is 0 Å². The van der Waals surface area contributed by atoms with Crippen LogP contribution in [-0.2, 0) is 14.3 Å². The number of hydrogen-bond donors (Lipinski definition) is 0. The summed E-state index contributed by atoms with van der Waals surface area (Å²) in [6.07, 6.45) is 20.9. The minimum atomic E-state index is -3.58. The topological polar surface area (TPSA) is 43.4 Å². The van der Waals surface area contributed by atoms with Crippen molar-refractivity contribution in [2.24, 2.45) is 0 Å². The molecule has 0 aliphatic rings. The molecule has 1 aromatic rings. The van der Waals surface area contributed by atoms with Crippen molar-refractivity contribution >= 4 is 39.7 Å². The predicted molar refractivity (Wildman–Crippen MR) is 126 cm³/mol. The molecule has 0 heterocycles. The van der Waals surface area contributed by atoms with Gasteiger partial charge in [0.05, 0.1) is 11.5 Å². The van der Waals surface area contributed by atoms with Gasteiger partial charge in [0.15, 0.2) is 0 Å². The first-order chi connectivity index (χ1) is 13.7. The second-order valence-electron chi connectivity index (χ2n) is 7.89. The maximum atomic E-state index is 12.0. The van der Waals surface area contributed by atoms with E-state index in [0.29, 0.717) is 0 Å². The molecule has 1 aromatic carbocycles. The molecular weight excluding hydrogens is 391 g/mol. The maximum absolute atomic E-state index is 12.0. The number of rotatable bonds is 19. The van der Waals surface area contributed by atoms with E-state index in [9.17, 15) is 8.42 Å². The molecule has 0 aromatic heterocycles. The van der Waals surface area contributed by atoms with Crippen molar-refractivity contribution in [3.05, 3.63) is 30.3 Å². The van der Waals surface area contributed by atoms with Crippen molar-refractivity contribution in [1.82, 2.24) is 0 Å². The van der Waals surface area contributed by atoms with E-state index in [1.165, 1.54) is 89.9 Å². The molecule has 164 valence electrons. The summed E-state index contributed by atoms with van der Waals surface area (Å²) in [5.74, 6) is 0. The van der Waals surface area contributed by atoms with Crippen molar-refractivity contribution in [3.63, 3.8) is 0 Å². The standard InChI is InChI=1S/C24H42O3S.Na.H/c1-2-3-4-5-6-7-8-9-10-11-12-13-14-15-16-20-23-27-28(25,26)24-21-18-17-19-22-24;;/h17-19,21-22H,2-16,20,23H2,1H3;;. The van der Waals surface area contributed by atoms with Crippen LogP contribution in [0, 0.1) is 0 Å². The van der Waals surface area contributed by atoms with Crippen molar-refractivity contribution in [3.8, 4) is 0 Å². The van der Waals surface area contributed by atoms with E-state index in [4.69, 9.17) is 4.18 Å². The van der Waals surface area contributed by atoms with Crippen molar-refractivity contribution in [1.29, 1.82) is 0 Å². The van der Waals surface area contributed by atoms with Gasteiger partial charge in [0.25, 0.3) is 10.1 Å². The molecule has 0 aliphatic carbocycles. The Balaban J connectivity index is 0.00000784. The summed E-state index contributed by atoms with van der Waals surface area (Å²) in [4.78, 5) is 0.242. The molecule has 0 amide bonds. The Kier molecular flexibility index (Phi) is 20.1. The Bertz CT molecular complexity index is 561. The molecule has 5 heteroatoms. The normalized spacial score (nSPS) is 11.3. The molecule has 0 N–H and O–H groups in total. The fourth-order valence-electron chi connectivity index (χ4n) is 3.47. The number of hydrogen-bond acceptors (Lipinski definition) is 3. The van der Waals surface area contributed by atoms with Gasteiger partial charge in [-0.3, -0.25) is 4.18 Å². The van der Waals surface area contributed by atoms with Gasteiger partial charge in [-0.25, -0.2) is 0 Å². The average molecular weight is 435 g/mol. The fraction of sp³-hybridized carbons (Fsp3) is 0.750. The molecule has 0 atom stereocenters. The predicted octanol–water partition coefficient (Wildman–Crippen LogP) is 7.00. The van der Waals surface area contributed by atoms with E-state index in [0.717, 1.165) is 12.8 Å². The monoisotopic (exact) mass is 434 g/mol. The van der Waals surface area contributed by atoms with Gasteiger partial charge >= 0.3 is 29.6 Å². The summed E-state index contributed by atoms with van der Waals surface area (Å²) in [6.45, 7) is 2.56. The van der Waals surface area contributed by atoms with Crippen LogP contribution in [0.1, 0.15) is 110 Å². The molecule has 29 heavy (non-hydrogen) atoms. The van der Waals surface area contributed by atoms with Crippen LogP contribution in [0.3, 0.4) is 0 Å². The summed E-state index contributed by atoms with van der Waals surface area (Å²) in [5, 5.41) is 0. The molecule has 0 fully saturated rings. The molecule has 0 saturated carbocycles. The molecule has 0 unspecified atom stereocenters. The quantitative estimate of drug-likeness (QED) is 0.134. The van der Waals surface area contributed by atoms with Gasteiger partial charge in [0.2, 0.25) is 0 Å². The molecule has 1 rings (SSSR count). The molecule has 0 saturated heterocycles. The van der Waals surface area contributed by atoms with Crippen molar-refractivity contribution < 1.29 is 12.6 Å². The van der Waals surface area contributed by atoms with Crippen LogP contribution in [0.5, 0.6) is 0 Å². The van der Waals surface area contributed by atoms with Gasteiger partial charge in [-0.05, 0) is 18.6 Å². The van der Waals surface area contributed by atoms with E-state index in [1.807, 2.05) is 0 Å². The van der Waals surface area contributed by atoms with Gasteiger partial charge in [-0.2, -0.15) is 8.42 Å². The molecule has 0 bridgehead atoms. The van der Waals surface area contributed by atoms with Crippen molar-refractivity contribution in [2.75, 3.05) is 6.61 Å². The Morgan fingerprint density at radius 3 is 1.41 bits per heavy atom. The van der Waals surface area contributed by atoms with Gasteiger partial charge < -0.3 is 0 Å². The zero-order valence-corrected chi connectivity index (χ0v) is 18.9. The average Bonchev–Trinajstić information content (AvgIpc) is 2.71. The van der Waals surface area contributed by atoms with Crippen LogP contribution in [-0.4, -0.2) is 44.6 Å². The Hall–Kier alpha value is 0.130. The summed E-state index contributed by atoms with van der Waals surface area (Å²) >= 11 is 0. The first kappa shape index (κ1) is 29.1. The number of unbranched alkanes of at least 4 members (excludes halogenated alkanes) is 15. The van der Waals surface area contributed by atoms with Gasteiger partial charge in [-0.1, -0.05) is 121 Å². The summed E-state index contributed by atoms with van der Waals surface area (Å²) in [7, 11) is -3.58. The summed E-state index contributed by atoms with van der Waals surface area (Å²) in [6, 6.07) is 8.37. The minimum absolute atomic E-state index is 0. The Labute approximate surface area is 202 Å². The molecule has 0 radical (unpaired) electrons. The third-order valence-corrected chi connectivity index (χ3v) is 6.59. The summed E-state index contributed by atoms with van der Waals surface area (Å²) in [5.41, 5.74) is 0. The molecule has 0 spiro atoms. The van der Waals surface area contributed by atoms with E-state index < -0.39 is 10.1 Å². The number of benzene rings is 1. The third kappa shape index (κ3) is 16.5. The zero-order valence-electron chi connectivity index (χ0n) is 18.0.